The van der Waals surface area contributed by atoms with Crippen LogP contribution in [-0.2, 0) is 4.74 Å². The number of carboxylic acids is 1. The summed E-state index contributed by atoms with van der Waals surface area (Å²) in [6, 6.07) is 1.41. The molecule has 0 saturated heterocycles. The highest BCUT2D eigenvalue weighted by Gasteiger charge is 2.15. The van der Waals surface area contributed by atoms with E-state index in [2.05, 4.69) is 10.3 Å². The first-order valence-corrected chi connectivity index (χ1v) is 5.32. The molecule has 1 atom stereocenters. The minimum Gasteiger partial charge on any atom is -0.478 e. The van der Waals surface area contributed by atoms with Gasteiger partial charge in [-0.3, -0.25) is 0 Å². The summed E-state index contributed by atoms with van der Waals surface area (Å²) in [7, 11) is 1.60. The molecule has 0 bridgehead atoms. The van der Waals surface area contributed by atoms with E-state index in [4.69, 9.17) is 15.6 Å². The van der Waals surface area contributed by atoms with Crippen LogP contribution in [0.2, 0.25) is 0 Å². The molecule has 0 radical (unpaired) electrons. The highest BCUT2D eigenvalue weighted by molar-refractivity contribution is 5.94. The maximum Gasteiger partial charge on any atom is 0.339 e. The van der Waals surface area contributed by atoms with Crippen LogP contribution in [0.1, 0.15) is 23.7 Å². The Kier molecular flexibility index (Phi) is 4.71. The molecule has 4 N–H and O–H groups in total. The van der Waals surface area contributed by atoms with Crippen molar-refractivity contribution in [3.8, 4) is 0 Å². The summed E-state index contributed by atoms with van der Waals surface area (Å²) in [5.41, 5.74) is 5.90. The van der Waals surface area contributed by atoms with Crippen molar-refractivity contribution < 1.29 is 14.6 Å². The van der Waals surface area contributed by atoms with Crippen molar-refractivity contribution in [3.05, 3.63) is 17.8 Å². The molecule has 1 aromatic rings. The Morgan fingerprint density at radius 2 is 2.41 bits per heavy atom. The predicted molar refractivity (Wildman–Crippen MR) is 65.2 cm³/mol. The molecule has 1 aromatic heterocycles. The quantitative estimate of drug-likeness (QED) is 0.690. The zero-order chi connectivity index (χ0) is 12.8. The number of aromatic nitrogens is 1. The first kappa shape index (κ1) is 13.2. The Morgan fingerprint density at radius 3 is 2.94 bits per heavy atom. The zero-order valence-electron chi connectivity index (χ0n) is 9.93. The van der Waals surface area contributed by atoms with Crippen molar-refractivity contribution in [1.29, 1.82) is 0 Å². The van der Waals surface area contributed by atoms with Gasteiger partial charge < -0.3 is 20.9 Å². The van der Waals surface area contributed by atoms with Gasteiger partial charge >= 0.3 is 5.97 Å². The highest BCUT2D eigenvalue weighted by Crippen LogP contribution is 2.17. The average Bonchev–Trinajstić information content (AvgIpc) is 2.30. The third kappa shape index (κ3) is 3.60. The van der Waals surface area contributed by atoms with Crippen LogP contribution in [-0.4, -0.2) is 35.8 Å². The summed E-state index contributed by atoms with van der Waals surface area (Å²) in [5, 5.41) is 12.1. The maximum atomic E-state index is 11.0. The fraction of sp³-hybridized carbons (Fsp3) is 0.455. The van der Waals surface area contributed by atoms with Gasteiger partial charge in [-0.2, -0.15) is 0 Å². The first-order valence-electron chi connectivity index (χ1n) is 5.32. The van der Waals surface area contributed by atoms with Gasteiger partial charge in [-0.25, -0.2) is 9.78 Å². The summed E-state index contributed by atoms with van der Waals surface area (Å²) in [4.78, 5) is 15.0. The summed E-state index contributed by atoms with van der Waals surface area (Å²) < 4.78 is 5.03. The molecule has 0 saturated carbocycles. The molecule has 17 heavy (non-hydrogen) atoms. The van der Waals surface area contributed by atoms with E-state index in [0.717, 1.165) is 6.42 Å². The monoisotopic (exact) mass is 239 g/mol. The predicted octanol–water partition coefficient (Wildman–Crippen LogP) is 1.20. The second-order valence-electron chi connectivity index (χ2n) is 3.67. The van der Waals surface area contributed by atoms with E-state index in [9.17, 15) is 4.79 Å². The zero-order valence-corrected chi connectivity index (χ0v) is 9.93. The molecule has 0 fully saturated rings. The molecule has 1 rings (SSSR count). The van der Waals surface area contributed by atoms with Gasteiger partial charge in [0.15, 0.2) is 0 Å². The molecule has 0 spiro atoms. The molecule has 0 aromatic carbocycles. The number of rotatable bonds is 6. The molecule has 1 unspecified atom stereocenters. The molecule has 0 amide bonds. The number of nitrogens with two attached hydrogens (primary N) is 1. The lowest BCUT2D eigenvalue weighted by Crippen LogP contribution is -2.25. The Balaban J connectivity index is 2.92. The third-order valence-electron chi connectivity index (χ3n) is 2.34. The van der Waals surface area contributed by atoms with E-state index in [1.54, 1.807) is 7.11 Å². The van der Waals surface area contributed by atoms with Gasteiger partial charge in [0.1, 0.15) is 11.4 Å². The third-order valence-corrected chi connectivity index (χ3v) is 2.34. The Morgan fingerprint density at radius 1 is 1.71 bits per heavy atom. The molecular formula is C11H17N3O3. The van der Waals surface area contributed by atoms with Crippen LogP contribution in [0.15, 0.2) is 12.3 Å². The number of anilines is 2. The van der Waals surface area contributed by atoms with Gasteiger partial charge in [0.25, 0.3) is 0 Å². The molecule has 6 nitrogen and oxygen atoms in total. The Bertz CT molecular complexity index is 396. The smallest absolute Gasteiger partial charge is 0.339 e. The normalized spacial score (nSPS) is 12.1. The lowest BCUT2D eigenvalue weighted by atomic mass is 10.2. The molecule has 0 aliphatic rings. The summed E-state index contributed by atoms with van der Waals surface area (Å²) in [5.74, 6) is -0.741. The van der Waals surface area contributed by atoms with Crippen molar-refractivity contribution in [2.75, 3.05) is 24.8 Å². The topological polar surface area (TPSA) is 97.5 Å². The molecule has 1 heterocycles. The number of nitrogens with zero attached hydrogens (tertiary/aromatic N) is 1. The van der Waals surface area contributed by atoms with Crippen LogP contribution >= 0.6 is 0 Å². The standard InChI is InChI=1S/C11H17N3O3/c1-3-8(6-17-2)14-10-9(11(15)16)4-7(12)5-13-10/h4-5,8H,3,6,12H2,1-2H3,(H,13,14)(H,15,16). The van der Waals surface area contributed by atoms with E-state index in [-0.39, 0.29) is 11.6 Å². The fourth-order valence-electron chi connectivity index (χ4n) is 1.42. The van der Waals surface area contributed by atoms with Gasteiger partial charge in [-0.05, 0) is 12.5 Å². The molecule has 6 heteroatoms. The second-order valence-corrected chi connectivity index (χ2v) is 3.67. The number of nitrogens with one attached hydrogen (secondary N) is 1. The minimum absolute atomic E-state index is 0.0224. The lowest BCUT2D eigenvalue weighted by molar-refractivity contribution is 0.0697. The van der Waals surface area contributed by atoms with Gasteiger partial charge in [0.2, 0.25) is 0 Å². The van der Waals surface area contributed by atoms with E-state index >= 15 is 0 Å². The summed E-state index contributed by atoms with van der Waals surface area (Å²) in [6.07, 6.45) is 2.23. The number of pyridine rings is 1. The Labute approximate surface area is 99.8 Å². The van der Waals surface area contributed by atoms with Crippen molar-refractivity contribution >= 4 is 17.5 Å². The van der Waals surface area contributed by atoms with E-state index in [0.29, 0.717) is 18.1 Å². The van der Waals surface area contributed by atoms with Gasteiger partial charge in [0, 0.05) is 7.11 Å². The summed E-state index contributed by atoms with van der Waals surface area (Å²) in [6.45, 7) is 2.47. The van der Waals surface area contributed by atoms with Crippen LogP contribution in [0.3, 0.4) is 0 Å². The van der Waals surface area contributed by atoms with Gasteiger partial charge in [-0.1, -0.05) is 6.92 Å². The average molecular weight is 239 g/mol. The second kappa shape index (κ2) is 6.05. The highest BCUT2D eigenvalue weighted by atomic mass is 16.5. The largest absolute Gasteiger partial charge is 0.478 e. The van der Waals surface area contributed by atoms with Crippen LogP contribution in [0.4, 0.5) is 11.5 Å². The number of carbonyl (C=O) groups is 1. The van der Waals surface area contributed by atoms with Crippen molar-refractivity contribution in [2.45, 2.75) is 19.4 Å². The molecular weight excluding hydrogens is 222 g/mol. The number of aromatic carboxylic acids is 1. The fourth-order valence-corrected chi connectivity index (χ4v) is 1.42. The van der Waals surface area contributed by atoms with Crippen LogP contribution in [0.5, 0.6) is 0 Å². The number of hydrogen-bond donors (Lipinski definition) is 3. The lowest BCUT2D eigenvalue weighted by Gasteiger charge is -2.17. The molecule has 0 aliphatic carbocycles. The number of hydrogen-bond acceptors (Lipinski definition) is 5. The number of ether oxygens (including phenoxy) is 1. The van der Waals surface area contributed by atoms with Gasteiger partial charge in [0.05, 0.1) is 24.5 Å². The number of carboxylic acid groups (broad SMARTS) is 1. The van der Waals surface area contributed by atoms with E-state index in [1.807, 2.05) is 6.92 Å². The minimum atomic E-state index is -1.06. The first-order chi connectivity index (χ1) is 8.08. The van der Waals surface area contributed by atoms with E-state index in [1.165, 1.54) is 12.3 Å². The van der Waals surface area contributed by atoms with Crippen molar-refractivity contribution in [2.24, 2.45) is 0 Å². The number of methoxy groups -OCH3 is 1. The van der Waals surface area contributed by atoms with Crippen molar-refractivity contribution in [3.63, 3.8) is 0 Å². The van der Waals surface area contributed by atoms with E-state index < -0.39 is 5.97 Å². The molecule has 94 valence electrons. The SMILES string of the molecule is CCC(COC)Nc1ncc(N)cc1C(=O)O. The summed E-state index contributed by atoms with van der Waals surface area (Å²) >= 11 is 0. The van der Waals surface area contributed by atoms with Crippen LogP contribution in [0.25, 0.3) is 0 Å². The number of nitrogen functional groups attached to an aromatic ring is 1. The van der Waals surface area contributed by atoms with Crippen LogP contribution in [0, 0.1) is 0 Å². The maximum absolute atomic E-state index is 11.0. The van der Waals surface area contributed by atoms with Crippen LogP contribution < -0.4 is 11.1 Å². The molecule has 0 aliphatic heterocycles. The van der Waals surface area contributed by atoms with Crippen molar-refractivity contribution in [1.82, 2.24) is 4.98 Å². The van der Waals surface area contributed by atoms with Gasteiger partial charge in [-0.15, -0.1) is 0 Å². The Hall–Kier alpha value is -1.82.